The van der Waals surface area contributed by atoms with Gasteiger partial charge in [-0.3, -0.25) is 4.79 Å². The number of carbonyl (C=O) groups excluding carboxylic acids is 1. The lowest BCUT2D eigenvalue weighted by molar-refractivity contribution is 0.0720. The van der Waals surface area contributed by atoms with Gasteiger partial charge in [-0.15, -0.1) is 0 Å². The van der Waals surface area contributed by atoms with Gasteiger partial charge in [0.1, 0.15) is 0 Å². The minimum atomic E-state index is -0.0687. The van der Waals surface area contributed by atoms with Gasteiger partial charge in [0.15, 0.2) is 0 Å². The van der Waals surface area contributed by atoms with Crippen molar-refractivity contribution in [1.29, 1.82) is 0 Å². The van der Waals surface area contributed by atoms with Crippen LogP contribution in [0.1, 0.15) is 42.0 Å². The minimum Gasteiger partial charge on any atom is -0.395 e. The molecule has 0 radical (unpaired) electrons. The third kappa shape index (κ3) is 3.50. The molecule has 1 N–H and O–H groups in total. The summed E-state index contributed by atoms with van der Waals surface area (Å²) in [6.45, 7) is 6.76. The first-order valence-corrected chi connectivity index (χ1v) is 6.37. The third-order valence-electron chi connectivity index (χ3n) is 2.71. The average molecular weight is 251 g/mol. The molecule has 0 fully saturated rings. The Balaban J connectivity index is 3.02. The van der Waals surface area contributed by atoms with Crippen LogP contribution < -0.4 is 0 Å². The van der Waals surface area contributed by atoms with Crippen LogP contribution >= 0.6 is 0 Å². The molecule has 0 unspecified atom stereocenters. The zero-order valence-corrected chi connectivity index (χ0v) is 11.3. The summed E-state index contributed by atoms with van der Waals surface area (Å²) in [5.74, 6) is -0.0687. The number of aromatic nitrogens is 2. The van der Waals surface area contributed by atoms with Crippen molar-refractivity contribution >= 4 is 5.91 Å². The predicted octanol–water partition coefficient (Wildman–Crippen LogP) is 1.19. The molecule has 0 saturated heterocycles. The van der Waals surface area contributed by atoms with Crippen LogP contribution in [0.5, 0.6) is 0 Å². The van der Waals surface area contributed by atoms with E-state index in [2.05, 4.69) is 10.2 Å². The molecule has 0 saturated carbocycles. The van der Waals surface area contributed by atoms with E-state index in [1.165, 1.54) is 0 Å². The van der Waals surface area contributed by atoms with E-state index in [-0.39, 0.29) is 12.5 Å². The Bertz CT molecular complexity index is 401. The highest BCUT2D eigenvalue weighted by atomic mass is 16.3. The summed E-state index contributed by atoms with van der Waals surface area (Å²) in [6, 6.07) is 1.77. The summed E-state index contributed by atoms with van der Waals surface area (Å²) in [7, 11) is 0. The second-order valence-corrected chi connectivity index (χ2v) is 4.22. The SMILES string of the molecule is CCCN(CCO)C(=O)c1cc(C)nnc1CC. The predicted molar refractivity (Wildman–Crippen MR) is 69.4 cm³/mol. The van der Waals surface area contributed by atoms with Crippen LogP contribution in [0.15, 0.2) is 6.07 Å². The molecular weight excluding hydrogens is 230 g/mol. The molecule has 0 spiro atoms. The lowest BCUT2D eigenvalue weighted by Gasteiger charge is -2.22. The summed E-state index contributed by atoms with van der Waals surface area (Å²) in [4.78, 5) is 14.1. The Hall–Kier alpha value is -1.49. The monoisotopic (exact) mass is 251 g/mol. The zero-order valence-electron chi connectivity index (χ0n) is 11.3. The highest BCUT2D eigenvalue weighted by molar-refractivity contribution is 5.95. The molecule has 0 aliphatic heterocycles. The molecule has 1 amide bonds. The van der Waals surface area contributed by atoms with Gasteiger partial charge >= 0.3 is 0 Å². The van der Waals surface area contributed by atoms with Crippen LogP contribution in [-0.2, 0) is 6.42 Å². The Morgan fingerprint density at radius 2 is 2.06 bits per heavy atom. The van der Waals surface area contributed by atoms with Crippen molar-refractivity contribution in [3.8, 4) is 0 Å². The van der Waals surface area contributed by atoms with Gasteiger partial charge < -0.3 is 10.0 Å². The number of hydrogen-bond acceptors (Lipinski definition) is 4. The van der Waals surface area contributed by atoms with Gasteiger partial charge in [0, 0.05) is 13.1 Å². The van der Waals surface area contributed by atoms with Gasteiger partial charge in [-0.1, -0.05) is 13.8 Å². The Morgan fingerprint density at radius 1 is 1.33 bits per heavy atom. The van der Waals surface area contributed by atoms with Crippen LogP contribution in [0.4, 0.5) is 0 Å². The summed E-state index contributed by atoms with van der Waals surface area (Å²) in [5, 5.41) is 17.1. The molecule has 0 aromatic carbocycles. The van der Waals surface area contributed by atoms with E-state index in [0.717, 1.165) is 12.1 Å². The van der Waals surface area contributed by atoms with E-state index in [0.29, 0.717) is 30.8 Å². The highest BCUT2D eigenvalue weighted by Gasteiger charge is 2.18. The summed E-state index contributed by atoms with van der Waals surface area (Å²) >= 11 is 0. The fraction of sp³-hybridized carbons (Fsp3) is 0.615. The van der Waals surface area contributed by atoms with Gasteiger partial charge in [-0.05, 0) is 25.8 Å². The smallest absolute Gasteiger partial charge is 0.255 e. The Kier molecular flexibility index (Phi) is 5.71. The van der Waals surface area contributed by atoms with Crippen molar-refractivity contribution in [3.05, 3.63) is 23.0 Å². The molecule has 5 heteroatoms. The fourth-order valence-corrected chi connectivity index (χ4v) is 1.84. The maximum atomic E-state index is 12.4. The normalized spacial score (nSPS) is 10.4. The molecule has 0 atom stereocenters. The lowest BCUT2D eigenvalue weighted by Crippen LogP contribution is -2.35. The maximum Gasteiger partial charge on any atom is 0.255 e. The first kappa shape index (κ1) is 14.6. The maximum absolute atomic E-state index is 12.4. The van der Waals surface area contributed by atoms with Crippen LogP contribution in [0, 0.1) is 6.92 Å². The number of aliphatic hydroxyl groups excluding tert-OH is 1. The molecule has 18 heavy (non-hydrogen) atoms. The standard InChI is InChI=1S/C13H21N3O2/c1-4-6-16(7-8-17)13(18)11-9-10(3)14-15-12(11)5-2/h9,17H,4-8H2,1-3H3. The van der Waals surface area contributed by atoms with Gasteiger partial charge in [0.25, 0.3) is 5.91 Å². The van der Waals surface area contributed by atoms with E-state index in [1.807, 2.05) is 20.8 Å². The number of amides is 1. The average Bonchev–Trinajstić information content (AvgIpc) is 2.37. The fourth-order valence-electron chi connectivity index (χ4n) is 1.84. The zero-order chi connectivity index (χ0) is 13.5. The Labute approximate surface area is 108 Å². The summed E-state index contributed by atoms with van der Waals surface area (Å²) in [6.07, 6.45) is 1.54. The quantitative estimate of drug-likeness (QED) is 0.824. The highest BCUT2D eigenvalue weighted by Crippen LogP contribution is 2.11. The largest absolute Gasteiger partial charge is 0.395 e. The van der Waals surface area contributed by atoms with E-state index in [9.17, 15) is 4.79 Å². The van der Waals surface area contributed by atoms with Crippen LogP contribution in [0.3, 0.4) is 0 Å². The van der Waals surface area contributed by atoms with Crippen molar-refractivity contribution in [2.75, 3.05) is 19.7 Å². The van der Waals surface area contributed by atoms with Gasteiger partial charge in [0.2, 0.25) is 0 Å². The second kappa shape index (κ2) is 7.06. The topological polar surface area (TPSA) is 66.3 Å². The summed E-state index contributed by atoms with van der Waals surface area (Å²) in [5.41, 5.74) is 2.05. The molecule has 1 heterocycles. The van der Waals surface area contributed by atoms with Gasteiger partial charge in [0.05, 0.1) is 23.6 Å². The van der Waals surface area contributed by atoms with E-state index in [4.69, 9.17) is 5.11 Å². The number of nitrogens with zero attached hydrogens (tertiary/aromatic N) is 3. The van der Waals surface area contributed by atoms with Crippen molar-refractivity contribution in [2.24, 2.45) is 0 Å². The van der Waals surface area contributed by atoms with Crippen LogP contribution in [-0.4, -0.2) is 45.8 Å². The van der Waals surface area contributed by atoms with Crippen molar-refractivity contribution in [3.63, 3.8) is 0 Å². The molecule has 100 valence electrons. The van der Waals surface area contributed by atoms with Crippen LogP contribution in [0.2, 0.25) is 0 Å². The first-order chi connectivity index (χ1) is 8.63. The lowest BCUT2D eigenvalue weighted by atomic mass is 10.1. The van der Waals surface area contributed by atoms with Crippen molar-refractivity contribution < 1.29 is 9.90 Å². The molecule has 0 aliphatic carbocycles. The molecule has 1 rings (SSSR count). The van der Waals surface area contributed by atoms with E-state index < -0.39 is 0 Å². The number of rotatable bonds is 6. The summed E-state index contributed by atoms with van der Waals surface area (Å²) < 4.78 is 0. The van der Waals surface area contributed by atoms with Gasteiger partial charge in [-0.2, -0.15) is 10.2 Å². The number of aliphatic hydroxyl groups is 1. The number of aryl methyl sites for hydroxylation is 2. The molecule has 0 aliphatic rings. The molecule has 0 bridgehead atoms. The molecule has 1 aromatic rings. The third-order valence-corrected chi connectivity index (χ3v) is 2.71. The van der Waals surface area contributed by atoms with Crippen LogP contribution in [0.25, 0.3) is 0 Å². The molecule has 1 aromatic heterocycles. The van der Waals surface area contributed by atoms with Crippen molar-refractivity contribution in [1.82, 2.24) is 15.1 Å². The molecule has 5 nitrogen and oxygen atoms in total. The van der Waals surface area contributed by atoms with Crippen molar-refractivity contribution in [2.45, 2.75) is 33.6 Å². The first-order valence-electron chi connectivity index (χ1n) is 6.37. The Morgan fingerprint density at radius 3 is 2.61 bits per heavy atom. The van der Waals surface area contributed by atoms with Gasteiger partial charge in [-0.25, -0.2) is 0 Å². The number of hydrogen-bond donors (Lipinski definition) is 1. The minimum absolute atomic E-state index is 0.0231. The molecular formula is C13H21N3O2. The second-order valence-electron chi connectivity index (χ2n) is 4.22. The van der Waals surface area contributed by atoms with E-state index in [1.54, 1.807) is 11.0 Å². The number of carbonyl (C=O) groups is 1. The van der Waals surface area contributed by atoms with E-state index >= 15 is 0 Å².